The van der Waals surface area contributed by atoms with E-state index in [-0.39, 0.29) is 17.9 Å². The Morgan fingerprint density at radius 1 is 1.38 bits per heavy atom. The average Bonchev–Trinajstić information content (AvgIpc) is 2.98. The molecule has 2 fully saturated rings. The van der Waals surface area contributed by atoms with Gasteiger partial charge in [0.25, 0.3) is 0 Å². The van der Waals surface area contributed by atoms with Gasteiger partial charge in [-0.05, 0) is 12.8 Å². The smallest absolute Gasteiger partial charge is 0.324 e. The van der Waals surface area contributed by atoms with Crippen molar-refractivity contribution in [1.82, 2.24) is 20.4 Å². The van der Waals surface area contributed by atoms with Crippen molar-refractivity contribution in [2.75, 3.05) is 37.6 Å². The maximum atomic E-state index is 12.0. The lowest BCUT2D eigenvalue weighted by Crippen LogP contribution is -2.57. The fourth-order valence-corrected chi connectivity index (χ4v) is 2.98. The first kappa shape index (κ1) is 14.3. The van der Waals surface area contributed by atoms with Crippen molar-refractivity contribution in [3.8, 4) is 0 Å². The zero-order valence-electron chi connectivity index (χ0n) is 12.7. The highest BCUT2D eigenvalue weighted by Crippen LogP contribution is 2.23. The van der Waals surface area contributed by atoms with Crippen molar-refractivity contribution >= 4 is 11.9 Å². The Morgan fingerprint density at radius 3 is 2.95 bits per heavy atom. The molecule has 0 aliphatic carbocycles. The minimum Gasteiger partial charge on any atom is -0.336 e. The van der Waals surface area contributed by atoms with Crippen LogP contribution in [0.5, 0.6) is 0 Å². The Balaban J connectivity index is 1.68. The second-order valence-electron chi connectivity index (χ2n) is 6.10. The molecule has 7 nitrogen and oxygen atoms in total. The molecule has 0 radical (unpaired) electrons. The van der Waals surface area contributed by atoms with Gasteiger partial charge in [0.1, 0.15) is 0 Å². The van der Waals surface area contributed by atoms with Crippen molar-refractivity contribution in [2.24, 2.45) is 0 Å². The normalized spacial score (nSPS) is 24.0. The summed E-state index contributed by atoms with van der Waals surface area (Å²) in [5.41, 5.74) is 0. The first-order chi connectivity index (χ1) is 10.1. The van der Waals surface area contributed by atoms with Crippen LogP contribution in [0.4, 0.5) is 6.01 Å². The third kappa shape index (κ3) is 3.02. The molecule has 3 heterocycles. The number of nitrogens with zero attached hydrogens (tertiary/aromatic N) is 4. The SMILES string of the molecule is CC(C)c1noc(N2CCCC(N3CCNCC3=O)C2)n1. The van der Waals surface area contributed by atoms with Crippen molar-refractivity contribution < 1.29 is 9.32 Å². The van der Waals surface area contributed by atoms with Crippen molar-refractivity contribution in [2.45, 2.75) is 38.6 Å². The average molecular weight is 293 g/mol. The zero-order chi connectivity index (χ0) is 14.8. The molecule has 2 aliphatic heterocycles. The van der Waals surface area contributed by atoms with Crippen LogP contribution in [0.1, 0.15) is 38.4 Å². The van der Waals surface area contributed by atoms with E-state index in [4.69, 9.17) is 4.52 Å². The molecule has 7 heteroatoms. The van der Waals surface area contributed by atoms with Crippen LogP contribution in [0, 0.1) is 0 Å². The predicted molar refractivity (Wildman–Crippen MR) is 78.2 cm³/mol. The summed E-state index contributed by atoms with van der Waals surface area (Å²) < 4.78 is 5.38. The van der Waals surface area contributed by atoms with Gasteiger partial charge in [0.2, 0.25) is 5.91 Å². The number of rotatable bonds is 3. The number of hydrogen-bond donors (Lipinski definition) is 1. The first-order valence-corrected chi connectivity index (χ1v) is 7.74. The molecule has 2 aliphatic rings. The second kappa shape index (κ2) is 6.01. The molecular weight excluding hydrogens is 270 g/mol. The van der Waals surface area contributed by atoms with Crippen LogP contribution in [-0.4, -0.2) is 59.7 Å². The van der Waals surface area contributed by atoms with E-state index < -0.39 is 0 Å². The summed E-state index contributed by atoms with van der Waals surface area (Å²) in [6.07, 6.45) is 2.09. The number of piperazine rings is 1. The third-order valence-corrected chi connectivity index (χ3v) is 4.18. The Hall–Kier alpha value is -1.63. The minimum atomic E-state index is 0.196. The van der Waals surface area contributed by atoms with Crippen LogP contribution in [0.25, 0.3) is 0 Å². The van der Waals surface area contributed by atoms with Crippen LogP contribution in [0.2, 0.25) is 0 Å². The topological polar surface area (TPSA) is 74.5 Å². The van der Waals surface area contributed by atoms with Crippen LogP contribution in [0.3, 0.4) is 0 Å². The standard InChI is InChI=1S/C14H23N5O2/c1-10(2)13-16-14(21-17-13)18-6-3-4-11(9-18)19-7-5-15-8-12(19)20/h10-11,15H,3-9H2,1-2H3. The van der Waals surface area contributed by atoms with E-state index in [9.17, 15) is 4.79 Å². The summed E-state index contributed by atoms with van der Waals surface area (Å²) in [4.78, 5) is 20.6. The molecular formula is C14H23N5O2. The van der Waals surface area contributed by atoms with E-state index in [1.54, 1.807) is 0 Å². The number of amides is 1. The lowest BCUT2D eigenvalue weighted by Gasteiger charge is -2.40. The maximum absolute atomic E-state index is 12.0. The van der Waals surface area contributed by atoms with E-state index in [1.165, 1.54) is 0 Å². The molecule has 1 amide bonds. The number of hydrogen-bond acceptors (Lipinski definition) is 6. The van der Waals surface area contributed by atoms with Crippen molar-refractivity contribution in [3.63, 3.8) is 0 Å². The fourth-order valence-electron chi connectivity index (χ4n) is 2.98. The maximum Gasteiger partial charge on any atom is 0.324 e. The first-order valence-electron chi connectivity index (χ1n) is 7.74. The largest absolute Gasteiger partial charge is 0.336 e. The summed E-state index contributed by atoms with van der Waals surface area (Å²) >= 11 is 0. The van der Waals surface area contributed by atoms with Crippen LogP contribution < -0.4 is 10.2 Å². The lowest BCUT2D eigenvalue weighted by atomic mass is 10.0. The van der Waals surface area contributed by atoms with Gasteiger partial charge in [-0.3, -0.25) is 4.79 Å². The fraction of sp³-hybridized carbons (Fsp3) is 0.786. The Bertz CT molecular complexity index is 501. The molecule has 0 spiro atoms. The van der Waals surface area contributed by atoms with Gasteiger partial charge in [-0.1, -0.05) is 19.0 Å². The van der Waals surface area contributed by atoms with Crippen LogP contribution in [0.15, 0.2) is 4.52 Å². The van der Waals surface area contributed by atoms with E-state index >= 15 is 0 Å². The van der Waals surface area contributed by atoms with Crippen molar-refractivity contribution in [1.29, 1.82) is 0 Å². The third-order valence-electron chi connectivity index (χ3n) is 4.18. The number of carbonyl (C=O) groups is 1. The number of aromatic nitrogens is 2. The molecule has 1 aromatic heterocycles. The zero-order valence-corrected chi connectivity index (χ0v) is 12.7. The highest BCUT2D eigenvalue weighted by atomic mass is 16.5. The van der Waals surface area contributed by atoms with Gasteiger partial charge in [0, 0.05) is 38.1 Å². The second-order valence-corrected chi connectivity index (χ2v) is 6.10. The summed E-state index contributed by atoms with van der Waals surface area (Å²) in [6, 6.07) is 0.841. The molecule has 21 heavy (non-hydrogen) atoms. The summed E-state index contributed by atoms with van der Waals surface area (Å²) in [5.74, 6) is 1.20. The highest BCUT2D eigenvalue weighted by molar-refractivity contribution is 5.79. The molecule has 1 unspecified atom stereocenters. The quantitative estimate of drug-likeness (QED) is 0.879. The Labute approximate surface area is 124 Å². The molecule has 116 valence electrons. The number of nitrogens with one attached hydrogen (secondary N) is 1. The molecule has 0 saturated carbocycles. The van der Waals surface area contributed by atoms with Crippen LogP contribution >= 0.6 is 0 Å². The molecule has 0 aromatic carbocycles. The van der Waals surface area contributed by atoms with Gasteiger partial charge in [0.05, 0.1) is 6.54 Å². The molecule has 1 aromatic rings. The van der Waals surface area contributed by atoms with E-state index in [2.05, 4.69) is 20.4 Å². The highest BCUT2D eigenvalue weighted by Gasteiger charge is 2.31. The molecule has 1 N–H and O–H groups in total. The minimum absolute atomic E-state index is 0.196. The van der Waals surface area contributed by atoms with Gasteiger partial charge in [0.15, 0.2) is 5.82 Å². The predicted octanol–water partition coefficient (Wildman–Crippen LogP) is 0.594. The Morgan fingerprint density at radius 2 is 2.24 bits per heavy atom. The van der Waals surface area contributed by atoms with Gasteiger partial charge >= 0.3 is 6.01 Å². The molecule has 0 bridgehead atoms. The molecule has 2 saturated heterocycles. The summed E-state index contributed by atoms with van der Waals surface area (Å²) in [6.45, 7) is 7.91. The monoisotopic (exact) mass is 293 g/mol. The van der Waals surface area contributed by atoms with Crippen LogP contribution in [-0.2, 0) is 4.79 Å². The molecule has 3 rings (SSSR count). The summed E-state index contributed by atoms with van der Waals surface area (Å²) in [7, 11) is 0. The van der Waals surface area contributed by atoms with Gasteiger partial charge in [-0.15, -0.1) is 0 Å². The van der Waals surface area contributed by atoms with E-state index in [0.29, 0.717) is 12.6 Å². The van der Waals surface area contributed by atoms with E-state index in [0.717, 1.165) is 44.8 Å². The number of piperidine rings is 1. The molecule has 1 atom stereocenters. The number of anilines is 1. The lowest BCUT2D eigenvalue weighted by molar-refractivity contribution is -0.134. The van der Waals surface area contributed by atoms with Gasteiger partial charge < -0.3 is 19.6 Å². The van der Waals surface area contributed by atoms with Gasteiger partial charge in [-0.25, -0.2) is 0 Å². The van der Waals surface area contributed by atoms with E-state index in [1.807, 2.05) is 18.7 Å². The summed E-state index contributed by atoms with van der Waals surface area (Å²) in [5, 5.41) is 7.14. The van der Waals surface area contributed by atoms with Crippen molar-refractivity contribution in [3.05, 3.63) is 5.82 Å². The number of carbonyl (C=O) groups excluding carboxylic acids is 1. The van der Waals surface area contributed by atoms with Gasteiger partial charge in [-0.2, -0.15) is 4.98 Å². The Kier molecular flexibility index (Phi) is 4.10.